The molecule has 164 valence electrons. The van der Waals surface area contributed by atoms with Crippen LogP contribution in [-0.4, -0.2) is 41.8 Å². The quantitative estimate of drug-likeness (QED) is 0.525. The summed E-state index contributed by atoms with van der Waals surface area (Å²) >= 11 is 0. The van der Waals surface area contributed by atoms with Crippen molar-refractivity contribution in [3.8, 4) is 11.1 Å². The number of hydrogen-bond donors (Lipinski definition) is 1. The summed E-state index contributed by atoms with van der Waals surface area (Å²) in [6.07, 6.45) is 1.19. The molecule has 1 aliphatic carbocycles. The van der Waals surface area contributed by atoms with Gasteiger partial charge in [-0.25, -0.2) is 9.59 Å². The Labute approximate surface area is 188 Å². The van der Waals surface area contributed by atoms with Gasteiger partial charge in [0.1, 0.15) is 12.6 Å². The standard InChI is InChI=1S/C27H27NO4/c1-28(25(26(29)30)17-9-12-19-10-3-2-4-11-19)27(31)32-18-24-22-15-7-5-13-20(22)21-14-6-8-16-23(21)24/h2-8,10-11,13-16,24-25H,9,12,17-18H2,1H3,(H,29,30)/t25-/m1/s1. The first-order chi connectivity index (χ1) is 15.6. The van der Waals surface area contributed by atoms with Crippen molar-refractivity contribution in [1.82, 2.24) is 4.90 Å². The molecule has 3 aromatic carbocycles. The monoisotopic (exact) mass is 429 g/mol. The molecule has 0 aliphatic heterocycles. The Hall–Kier alpha value is -3.60. The van der Waals surface area contributed by atoms with Crippen LogP contribution in [-0.2, 0) is 16.0 Å². The molecule has 0 radical (unpaired) electrons. The lowest BCUT2D eigenvalue weighted by atomic mass is 9.98. The second-order valence-corrected chi connectivity index (χ2v) is 8.15. The van der Waals surface area contributed by atoms with Crippen molar-refractivity contribution in [3.63, 3.8) is 0 Å². The van der Waals surface area contributed by atoms with Crippen molar-refractivity contribution < 1.29 is 19.4 Å². The van der Waals surface area contributed by atoms with Gasteiger partial charge in [-0.3, -0.25) is 4.90 Å². The van der Waals surface area contributed by atoms with Gasteiger partial charge in [0.05, 0.1) is 0 Å². The number of carboxylic acids is 1. The number of rotatable bonds is 8. The molecule has 1 amide bonds. The SMILES string of the molecule is CN(C(=O)OCC1c2ccccc2-c2ccccc21)[C@H](CCCc1ccccc1)C(=O)O. The van der Waals surface area contributed by atoms with E-state index < -0.39 is 18.1 Å². The number of likely N-dealkylation sites (N-methyl/N-ethyl adjacent to an activating group) is 1. The second kappa shape index (κ2) is 9.69. The Morgan fingerprint density at radius 3 is 2.06 bits per heavy atom. The third-order valence-electron chi connectivity index (χ3n) is 6.16. The molecule has 0 bridgehead atoms. The predicted molar refractivity (Wildman–Crippen MR) is 124 cm³/mol. The van der Waals surface area contributed by atoms with E-state index in [1.165, 1.54) is 11.9 Å². The topological polar surface area (TPSA) is 66.8 Å². The molecule has 0 heterocycles. The third kappa shape index (κ3) is 4.52. The summed E-state index contributed by atoms with van der Waals surface area (Å²) in [7, 11) is 1.50. The van der Waals surface area contributed by atoms with Crippen LogP contribution in [0.4, 0.5) is 4.79 Å². The van der Waals surface area contributed by atoms with Gasteiger partial charge in [-0.2, -0.15) is 0 Å². The maximum absolute atomic E-state index is 12.7. The highest BCUT2D eigenvalue weighted by Gasteiger charge is 2.31. The van der Waals surface area contributed by atoms with Gasteiger partial charge in [-0.05, 0) is 47.1 Å². The fourth-order valence-electron chi connectivity index (χ4n) is 4.45. The van der Waals surface area contributed by atoms with E-state index in [0.717, 1.165) is 34.2 Å². The fourth-order valence-corrected chi connectivity index (χ4v) is 4.45. The van der Waals surface area contributed by atoms with Gasteiger partial charge in [0.2, 0.25) is 0 Å². The van der Waals surface area contributed by atoms with Gasteiger partial charge >= 0.3 is 12.1 Å². The molecule has 0 fully saturated rings. The number of nitrogens with zero attached hydrogens (tertiary/aromatic N) is 1. The first-order valence-electron chi connectivity index (χ1n) is 10.9. The van der Waals surface area contributed by atoms with Crippen LogP contribution in [0.25, 0.3) is 11.1 Å². The largest absolute Gasteiger partial charge is 0.480 e. The van der Waals surface area contributed by atoms with E-state index in [2.05, 4.69) is 24.3 Å². The average Bonchev–Trinajstić information content (AvgIpc) is 3.14. The van der Waals surface area contributed by atoms with Crippen molar-refractivity contribution >= 4 is 12.1 Å². The van der Waals surface area contributed by atoms with Crippen LogP contribution in [0.15, 0.2) is 78.9 Å². The zero-order valence-electron chi connectivity index (χ0n) is 18.1. The van der Waals surface area contributed by atoms with Crippen LogP contribution in [0.2, 0.25) is 0 Å². The summed E-state index contributed by atoms with van der Waals surface area (Å²) in [6, 6.07) is 25.2. The Morgan fingerprint density at radius 2 is 1.47 bits per heavy atom. The molecule has 5 nitrogen and oxygen atoms in total. The van der Waals surface area contributed by atoms with E-state index in [1.54, 1.807) is 0 Å². The summed E-state index contributed by atoms with van der Waals surface area (Å²) in [5, 5.41) is 9.68. The summed E-state index contributed by atoms with van der Waals surface area (Å²) in [4.78, 5) is 25.8. The molecule has 5 heteroatoms. The van der Waals surface area contributed by atoms with Crippen LogP contribution < -0.4 is 0 Å². The second-order valence-electron chi connectivity index (χ2n) is 8.15. The van der Waals surface area contributed by atoms with Crippen LogP contribution in [0.5, 0.6) is 0 Å². The van der Waals surface area contributed by atoms with Gasteiger partial charge < -0.3 is 9.84 Å². The van der Waals surface area contributed by atoms with Crippen LogP contribution in [0.1, 0.15) is 35.4 Å². The summed E-state index contributed by atoms with van der Waals surface area (Å²) in [5.41, 5.74) is 5.72. The van der Waals surface area contributed by atoms with Gasteiger partial charge in [0, 0.05) is 13.0 Å². The highest BCUT2D eigenvalue weighted by molar-refractivity contribution is 5.81. The average molecular weight is 430 g/mol. The number of ether oxygens (including phenoxy) is 1. The number of aliphatic carboxylic acids is 1. The lowest BCUT2D eigenvalue weighted by Gasteiger charge is -2.25. The minimum absolute atomic E-state index is 0.0545. The fraction of sp³-hybridized carbons (Fsp3) is 0.259. The Bertz CT molecular complexity index is 1050. The summed E-state index contributed by atoms with van der Waals surface area (Å²) in [6.45, 7) is 0.174. The third-order valence-corrected chi connectivity index (χ3v) is 6.16. The van der Waals surface area contributed by atoms with Crippen molar-refractivity contribution in [2.75, 3.05) is 13.7 Å². The van der Waals surface area contributed by atoms with E-state index >= 15 is 0 Å². The van der Waals surface area contributed by atoms with E-state index in [9.17, 15) is 14.7 Å². The number of aryl methyl sites for hydroxylation is 1. The molecule has 1 atom stereocenters. The van der Waals surface area contributed by atoms with Gasteiger partial charge in [0.15, 0.2) is 0 Å². The van der Waals surface area contributed by atoms with E-state index in [4.69, 9.17) is 4.74 Å². The highest BCUT2D eigenvalue weighted by atomic mass is 16.6. The van der Waals surface area contributed by atoms with Crippen LogP contribution in [0, 0.1) is 0 Å². The lowest BCUT2D eigenvalue weighted by molar-refractivity contribution is -0.142. The normalized spacial score (nSPS) is 13.2. The summed E-state index contributed by atoms with van der Waals surface area (Å²) < 4.78 is 5.62. The Kier molecular flexibility index (Phi) is 6.55. The molecule has 0 aromatic heterocycles. The number of hydrogen-bond acceptors (Lipinski definition) is 3. The van der Waals surface area contributed by atoms with E-state index in [0.29, 0.717) is 12.8 Å². The molecular formula is C27H27NO4. The molecule has 3 aromatic rings. The smallest absolute Gasteiger partial charge is 0.410 e. The minimum Gasteiger partial charge on any atom is -0.480 e. The molecule has 32 heavy (non-hydrogen) atoms. The lowest BCUT2D eigenvalue weighted by Crippen LogP contribution is -2.43. The molecular weight excluding hydrogens is 402 g/mol. The van der Waals surface area contributed by atoms with Gasteiger partial charge in [0.25, 0.3) is 0 Å². The molecule has 0 unspecified atom stereocenters. The van der Waals surface area contributed by atoms with Gasteiger partial charge in [-0.15, -0.1) is 0 Å². The molecule has 0 saturated carbocycles. The highest BCUT2D eigenvalue weighted by Crippen LogP contribution is 2.44. The summed E-state index contributed by atoms with van der Waals surface area (Å²) in [5.74, 6) is -1.07. The molecule has 0 spiro atoms. The molecule has 1 aliphatic rings. The van der Waals surface area contributed by atoms with Crippen LogP contribution >= 0.6 is 0 Å². The number of carbonyl (C=O) groups excluding carboxylic acids is 1. The first kappa shape index (κ1) is 21.6. The van der Waals surface area contributed by atoms with Crippen molar-refractivity contribution in [2.45, 2.75) is 31.2 Å². The Morgan fingerprint density at radius 1 is 0.906 bits per heavy atom. The van der Waals surface area contributed by atoms with Crippen molar-refractivity contribution in [1.29, 1.82) is 0 Å². The van der Waals surface area contributed by atoms with Crippen molar-refractivity contribution in [2.24, 2.45) is 0 Å². The van der Waals surface area contributed by atoms with Crippen LogP contribution in [0.3, 0.4) is 0 Å². The predicted octanol–water partition coefficient (Wildman–Crippen LogP) is 5.34. The zero-order chi connectivity index (χ0) is 22.5. The minimum atomic E-state index is -1.02. The van der Waals surface area contributed by atoms with E-state index in [1.807, 2.05) is 54.6 Å². The maximum Gasteiger partial charge on any atom is 0.410 e. The molecule has 1 N–H and O–H groups in total. The maximum atomic E-state index is 12.7. The zero-order valence-corrected chi connectivity index (χ0v) is 18.1. The first-order valence-corrected chi connectivity index (χ1v) is 10.9. The number of carbonyl (C=O) groups is 2. The molecule has 4 rings (SSSR count). The number of amides is 1. The number of fused-ring (bicyclic) bond motifs is 3. The van der Waals surface area contributed by atoms with Crippen molar-refractivity contribution in [3.05, 3.63) is 95.6 Å². The number of carboxylic acid groups (broad SMARTS) is 1. The van der Waals surface area contributed by atoms with E-state index in [-0.39, 0.29) is 12.5 Å². The van der Waals surface area contributed by atoms with Gasteiger partial charge in [-0.1, -0.05) is 78.9 Å². The Balaban J connectivity index is 1.39. The number of benzene rings is 3. The molecule has 0 saturated heterocycles.